The van der Waals surface area contributed by atoms with Gasteiger partial charge in [-0.15, -0.1) is 11.3 Å². The minimum atomic E-state index is -0.851. The van der Waals surface area contributed by atoms with Crippen LogP contribution in [-0.2, 0) is 0 Å². The van der Waals surface area contributed by atoms with Crippen LogP contribution < -0.4 is 5.32 Å². The fourth-order valence-corrected chi connectivity index (χ4v) is 2.98. The molecule has 0 spiro atoms. The highest BCUT2D eigenvalue weighted by Crippen LogP contribution is 2.34. The predicted molar refractivity (Wildman–Crippen MR) is 66.6 cm³/mol. The molecule has 1 N–H and O–H groups in total. The molecule has 1 nitrogen and oxygen atoms in total. The summed E-state index contributed by atoms with van der Waals surface area (Å²) in [5.41, 5.74) is 0.261. The van der Waals surface area contributed by atoms with Crippen molar-refractivity contribution in [1.29, 1.82) is 0 Å². The summed E-state index contributed by atoms with van der Waals surface area (Å²) in [6.07, 6.45) is 0. The molecule has 1 heterocycles. The Balaban J connectivity index is 2.50. The van der Waals surface area contributed by atoms with Gasteiger partial charge in [0.05, 0.1) is 11.1 Å². The van der Waals surface area contributed by atoms with Crippen molar-refractivity contribution < 1.29 is 8.78 Å². The van der Waals surface area contributed by atoms with Gasteiger partial charge < -0.3 is 5.32 Å². The van der Waals surface area contributed by atoms with Crippen LogP contribution in [0.2, 0.25) is 5.02 Å². The van der Waals surface area contributed by atoms with E-state index >= 15 is 0 Å². The molecule has 0 saturated carbocycles. The standard InChI is InChI=1S/C12H10ClF2NS/c1-16-11(12-8(13)5-6-17-12)7-3-2-4-9(14)10(7)15/h2-6,11,16H,1H3. The third kappa shape index (κ3) is 2.34. The van der Waals surface area contributed by atoms with Crippen molar-refractivity contribution in [2.24, 2.45) is 0 Å². The van der Waals surface area contributed by atoms with Crippen LogP contribution in [0.25, 0.3) is 0 Å². The van der Waals surface area contributed by atoms with Gasteiger partial charge in [-0.25, -0.2) is 8.78 Å². The first-order chi connectivity index (χ1) is 8.15. The van der Waals surface area contributed by atoms with Crippen molar-refractivity contribution in [3.05, 3.63) is 56.7 Å². The van der Waals surface area contributed by atoms with E-state index in [0.29, 0.717) is 5.02 Å². The number of nitrogens with one attached hydrogen (secondary N) is 1. The zero-order valence-corrected chi connectivity index (χ0v) is 10.6. The summed E-state index contributed by atoms with van der Waals surface area (Å²) in [6.45, 7) is 0. The molecule has 2 rings (SSSR count). The van der Waals surface area contributed by atoms with Gasteiger partial charge in [0.15, 0.2) is 11.6 Å². The van der Waals surface area contributed by atoms with Crippen molar-refractivity contribution in [1.82, 2.24) is 5.32 Å². The highest BCUT2D eigenvalue weighted by Gasteiger charge is 2.21. The van der Waals surface area contributed by atoms with Crippen LogP contribution in [0.4, 0.5) is 8.78 Å². The SMILES string of the molecule is CNC(c1cccc(F)c1F)c1sccc1Cl. The predicted octanol–water partition coefficient (Wildman–Crippen LogP) is 3.99. The van der Waals surface area contributed by atoms with Gasteiger partial charge in [-0.3, -0.25) is 0 Å². The lowest BCUT2D eigenvalue weighted by Crippen LogP contribution is -2.18. The van der Waals surface area contributed by atoms with E-state index in [2.05, 4.69) is 5.32 Å². The zero-order valence-electron chi connectivity index (χ0n) is 9.01. The Labute approximate surface area is 107 Å². The van der Waals surface area contributed by atoms with Crippen LogP contribution in [0.15, 0.2) is 29.6 Å². The van der Waals surface area contributed by atoms with Crippen LogP contribution in [-0.4, -0.2) is 7.05 Å². The monoisotopic (exact) mass is 273 g/mol. The maximum Gasteiger partial charge on any atom is 0.163 e. The minimum absolute atomic E-state index is 0.261. The third-order valence-electron chi connectivity index (χ3n) is 2.49. The molecule has 1 unspecified atom stereocenters. The van der Waals surface area contributed by atoms with Crippen LogP contribution >= 0.6 is 22.9 Å². The van der Waals surface area contributed by atoms with Crippen molar-refractivity contribution in [3.63, 3.8) is 0 Å². The van der Waals surface area contributed by atoms with E-state index in [4.69, 9.17) is 11.6 Å². The maximum absolute atomic E-state index is 13.7. The molecule has 1 aromatic carbocycles. The van der Waals surface area contributed by atoms with E-state index in [9.17, 15) is 8.78 Å². The first kappa shape index (κ1) is 12.5. The Hall–Kier alpha value is -0.970. The highest BCUT2D eigenvalue weighted by molar-refractivity contribution is 7.10. The smallest absolute Gasteiger partial charge is 0.163 e. The zero-order chi connectivity index (χ0) is 12.4. The number of rotatable bonds is 3. The molecule has 1 aromatic heterocycles. The molecule has 0 aliphatic carbocycles. The second kappa shape index (κ2) is 5.12. The van der Waals surface area contributed by atoms with Crippen molar-refractivity contribution in [2.45, 2.75) is 6.04 Å². The molecule has 0 saturated heterocycles. The van der Waals surface area contributed by atoms with E-state index < -0.39 is 17.7 Å². The van der Waals surface area contributed by atoms with Crippen LogP contribution in [0.5, 0.6) is 0 Å². The van der Waals surface area contributed by atoms with Gasteiger partial charge in [0.1, 0.15) is 0 Å². The number of thiophene rings is 1. The van der Waals surface area contributed by atoms with Crippen LogP contribution in [0, 0.1) is 11.6 Å². The van der Waals surface area contributed by atoms with Crippen molar-refractivity contribution in [3.8, 4) is 0 Å². The molecule has 5 heteroatoms. The molecule has 17 heavy (non-hydrogen) atoms. The summed E-state index contributed by atoms with van der Waals surface area (Å²) in [4.78, 5) is 0.777. The first-order valence-electron chi connectivity index (χ1n) is 4.99. The van der Waals surface area contributed by atoms with Gasteiger partial charge in [-0.05, 0) is 24.6 Å². The number of hydrogen-bond acceptors (Lipinski definition) is 2. The van der Waals surface area contributed by atoms with E-state index in [0.717, 1.165) is 10.9 Å². The fourth-order valence-electron chi connectivity index (χ4n) is 1.68. The Morgan fingerprint density at radius 2 is 2.06 bits per heavy atom. The molecule has 1 atom stereocenters. The highest BCUT2D eigenvalue weighted by atomic mass is 35.5. The minimum Gasteiger partial charge on any atom is -0.309 e. The Bertz CT molecular complexity index is 527. The second-order valence-corrected chi connectivity index (χ2v) is 4.85. The summed E-state index contributed by atoms with van der Waals surface area (Å²) in [6, 6.07) is 5.44. The number of halogens is 3. The van der Waals surface area contributed by atoms with Crippen LogP contribution in [0.3, 0.4) is 0 Å². The van der Waals surface area contributed by atoms with Gasteiger partial charge in [0.2, 0.25) is 0 Å². The van der Waals surface area contributed by atoms with Gasteiger partial charge in [-0.2, -0.15) is 0 Å². The van der Waals surface area contributed by atoms with Gasteiger partial charge in [-0.1, -0.05) is 23.7 Å². The molecule has 0 aliphatic heterocycles. The molecule has 90 valence electrons. The molecule has 0 radical (unpaired) electrons. The van der Waals surface area contributed by atoms with E-state index in [1.807, 2.05) is 5.38 Å². The number of benzene rings is 1. The maximum atomic E-state index is 13.7. The largest absolute Gasteiger partial charge is 0.309 e. The molecule has 0 aliphatic rings. The molecule has 0 amide bonds. The molecular weight excluding hydrogens is 264 g/mol. The lowest BCUT2D eigenvalue weighted by Gasteiger charge is -2.16. The van der Waals surface area contributed by atoms with E-state index in [1.54, 1.807) is 19.2 Å². The summed E-state index contributed by atoms with van der Waals surface area (Å²) in [5, 5.41) is 5.32. The van der Waals surface area contributed by atoms with Gasteiger partial charge in [0.25, 0.3) is 0 Å². The average Bonchev–Trinajstić information content (AvgIpc) is 2.72. The topological polar surface area (TPSA) is 12.0 Å². The van der Waals surface area contributed by atoms with E-state index in [1.165, 1.54) is 17.4 Å². The lowest BCUT2D eigenvalue weighted by molar-refractivity contribution is 0.488. The van der Waals surface area contributed by atoms with Crippen molar-refractivity contribution in [2.75, 3.05) is 7.05 Å². The Kier molecular flexibility index (Phi) is 3.76. The van der Waals surface area contributed by atoms with E-state index in [-0.39, 0.29) is 5.56 Å². The fraction of sp³-hybridized carbons (Fsp3) is 0.167. The summed E-state index contributed by atoms with van der Waals surface area (Å²) >= 11 is 7.42. The van der Waals surface area contributed by atoms with Gasteiger partial charge >= 0.3 is 0 Å². The van der Waals surface area contributed by atoms with Crippen LogP contribution in [0.1, 0.15) is 16.5 Å². The summed E-state index contributed by atoms with van der Waals surface area (Å²) in [7, 11) is 1.69. The van der Waals surface area contributed by atoms with Gasteiger partial charge in [0, 0.05) is 10.4 Å². The Morgan fingerprint density at radius 3 is 2.65 bits per heavy atom. The molecule has 0 bridgehead atoms. The molecule has 0 fully saturated rings. The quantitative estimate of drug-likeness (QED) is 0.892. The first-order valence-corrected chi connectivity index (χ1v) is 6.25. The molecular formula is C12H10ClF2NS. The normalized spacial score (nSPS) is 12.7. The summed E-state index contributed by atoms with van der Waals surface area (Å²) < 4.78 is 26.9. The van der Waals surface area contributed by atoms with Crippen molar-refractivity contribution >= 4 is 22.9 Å². The lowest BCUT2D eigenvalue weighted by atomic mass is 10.0. The average molecular weight is 274 g/mol. The Morgan fingerprint density at radius 1 is 1.29 bits per heavy atom. The number of hydrogen-bond donors (Lipinski definition) is 1. The summed E-state index contributed by atoms with van der Waals surface area (Å²) in [5.74, 6) is -1.69. The second-order valence-electron chi connectivity index (χ2n) is 3.50. The molecule has 2 aromatic rings. The third-order valence-corrected chi connectivity index (χ3v) is 3.91.